The Balaban J connectivity index is 1.41. The predicted molar refractivity (Wildman–Crippen MR) is 179 cm³/mol. The topological polar surface area (TPSA) is 133 Å². The Morgan fingerprint density at radius 3 is 2.21 bits per heavy atom. The van der Waals surface area contributed by atoms with E-state index in [4.69, 9.17) is 21.1 Å². The van der Waals surface area contributed by atoms with Gasteiger partial charge in [-0.1, -0.05) is 67.9 Å². The number of sulfone groups is 2. The molecule has 3 atom stereocenters. The molecule has 0 bridgehead atoms. The molecule has 3 aromatic carbocycles. The highest BCUT2D eigenvalue weighted by atomic mass is 35.5. The second kappa shape index (κ2) is 13.9. The zero-order valence-corrected chi connectivity index (χ0v) is 29.2. The van der Waals surface area contributed by atoms with E-state index in [1.807, 2.05) is 24.3 Å². The van der Waals surface area contributed by atoms with E-state index in [2.05, 4.69) is 18.8 Å². The van der Waals surface area contributed by atoms with Crippen LogP contribution in [0.2, 0.25) is 5.02 Å². The van der Waals surface area contributed by atoms with Gasteiger partial charge in [0.25, 0.3) is 0 Å². The number of allylic oxidation sites excluding steroid dienone is 1. The van der Waals surface area contributed by atoms with Gasteiger partial charge >= 0.3 is 11.9 Å². The third kappa shape index (κ3) is 6.97. The van der Waals surface area contributed by atoms with Gasteiger partial charge in [-0.2, -0.15) is 0 Å². The SMILES string of the molecule is CC1=NC2=C(C(c3c(F)cccc3Cl)C1C(=O)OCCOC(=O)C(C)c1ccc(CC(C)C)cc1)S(=O)(=O)c1ccccc1S(=O)(=O)C2. The van der Waals surface area contributed by atoms with Gasteiger partial charge in [0.15, 0.2) is 9.84 Å². The average Bonchev–Trinajstić information content (AvgIpc) is 3.08. The Hall–Kier alpha value is -3.87. The van der Waals surface area contributed by atoms with Gasteiger partial charge in [-0.3, -0.25) is 14.6 Å². The van der Waals surface area contributed by atoms with Crippen LogP contribution in [0.15, 0.2) is 92.1 Å². The van der Waals surface area contributed by atoms with Crippen molar-refractivity contribution in [3.8, 4) is 0 Å². The van der Waals surface area contributed by atoms with Gasteiger partial charge in [0.05, 0.1) is 32.1 Å². The molecule has 2 aliphatic heterocycles. The lowest BCUT2D eigenvalue weighted by atomic mass is 9.80. The summed E-state index contributed by atoms with van der Waals surface area (Å²) >= 11 is 6.45. The highest BCUT2D eigenvalue weighted by Gasteiger charge is 2.49. The number of benzene rings is 3. The predicted octanol–water partition coefficient (Wildman–Crippen LogP) is 6.21. The molecule has 254 valence electrons. The summed E-state index contributed by atoms with van der Waals surface area (Å²) in [7, 11) is -8.86. The van der Waals surface area contributed by atoms with E-state index in [-0.39, 0.29) is 35.2 Å². The van der Waals surface area contributed by atoms with Crippen LogP contribution >= 0.6 is 11.6 Å². The first kappa shape index (κ1) is 35.4. The number of carbonyl (C=O) groups excluding carboxylic acids is 2. The van der Waals surface area contributed by atoms with Crippen molar-refractivity contribution in [1.82, 2.24) is 0 Å². The third-order valence-electron chi connectivity index (χ3n) is 8.37. The van der Waals surface area contributed by atoms with Crippen molar-refractivity contribution < 1.29 is 40.3 Å². The van der Waals surface area contributed by atoms with Crippen molar-refractivity contribution in [1.29, 1.82) is 0 Å². The van der Waals surface area contributed by atoms with Crippen molar-refractivity contribution in [2.45, 2.75) is 55.7 Å². The first-order valence-electron chi connectivity index (χ1n) is 15.3. The van der Waals surface area contributed by atoms with E-state index in [1.165, 1.54) is 37.3 Å². The lowest BCUT2D eigenvalue weighted by Crippen LogP contribution is -2.37. The summed E-state index contributed by atoms with van der Waals surface area (Å²) < 4.78 is 81.6. The molecule has 0 aromatic heterocycles. The minimum absolute atomic E-state index is 0.00552. The molecule has 0 amide bonds. The summed E-state index contributed by atoms with van der Waals surface area (Å²) in [6.07, 6.45) is 0.913. The van der Waals surface area contributed by atoms with Gasteiger partial charge in [0.2, 0.25) is 9.84 Å². The monoisotopic (exact) mass is 715 g/mol. The Morgan fingerprint density at radius 1 is 0.917 bits per heavy atom. The van der Waals surface area contributed by atoms with E-state index in [9.17, 15) is 26.4 Å². The maximum absolute atomic E-state index is 15.6. The number of rotatable bonds is 9. The summed E-state index contributed by atoms with van der Waals surface area (Å²) in [5.74, 6) is -6.41. The fraction of sp³-hybridized carbons (Fsp3) is 0.343. The van der Waals surface area contributed by atoms with Crippen LogP contribution in [0.5, 0.6) is 0 Å². The summed E-state index contributed by atoms with van der Waals surface area (Å²) in [5.41, 5.74) is 1.27. The van der Waals surface area contributed by atoms with Crippen molar-refractivity contribution in [3.05, 3.63) is 105 Å². The molecule has 0 fully saturated rings. The molecule has 0 aliphatic carbocycles. The quantitative estimate of drug-likeness (QED) is 0.189. The van der Waals surface area contributed by atoms with Crippen molar-refractivity contribution in [2.24, 2.45) is 16.8 Å². The maximum atomic E-state index is 15.6. The third-order valence-corrected chi connectivity index (χ3v) is 12.5. The number of halogens is 2. The molecule has 3 unspecified atom stereocenters. The van der Waals surface area contributed by atoms with E-state index in [0.29, 0.717) is 5.92 Å². The minimum atomic E-state index is -4.66. The van der Waals surface area contributed by atoms with Gasteiger partial charge in [-0.25, -0.2) is 21.2 Å². The van der Waals surface area contributed by atoms with Gasteiger partial charge in [0, 0.05) is 22.2 Å². The van der Waals surface area contributed by atoms with Crippen molar-refractivity contribution in [3.63, 3.8) is 0 Å². The van der Waals surface area contributed by atoms with E-state index in [0.717, 1.165) is 29.7 Å². The van der Waals surface area contributed by atoms with Crippen LogP contribution in [0.4, 0.5) is 4.39 Å². The standard InChI is InChI=1S/C35H35ClFNO8S2/c1-20(2)18-23-12-14-24(15-13-23)21(3)34(39)45-16-17-46-35(40)30-22(4)38-27-19-47(41,42)28-10-5-6-11-29(28)48(43,44)33(27)32(30)31-25(36)8-7-9-26(31)37/h5-15,20-21,30,32H,16-19H2,1-4H3. The zero-order chi connectivity index (χ0) is 35.0. The second-order valence-electron chi connectivity index (χ2n) is 12.3. The van der Waals surface area contributed by atoms with E-state index >= 15 is 4.39 Å². The number of nitrogens with zero attached hydrogens (tertiary/aromatic N) is 1. The van der Waals surface area contributed by atoms with Gasteiger partial charge in [0.1, 0.15) is 24.9 Å². The number of fused-ring (bicyclic) bond motifs is 1. The fourth-order valence-electron chi connectivity index (χ4n) is 6.10. The number of aliphatic imine (C=N–C) groups is 1. The highest BCUT2D eigenvalue weighted by molar-refractivity contribution is 7.97. The molecule has 2 aliphatic rings. The highest BCUT2D eigenvalue weighted by Crippen LogP contribution is 2.49. The van der Waals surface area contributed by atoms with Gasteiger partial charge in [-0.05, 0) is 61.6 Å². The Morgan fingerprint density at radius 2 is 1.56 bits per heavy atom. The zero-order valence-electron chi connectivity index (χ0n) is 26.8. The smallest absolute Gasteiger partial charge is 0.315 e. The lowest BCUT2D eigenvalue weighted by molar-refractivity contribution is -0.154. The summed E-state index contributed by atoms with van der Waals surface area (Å²) in [5, 5.41) is -0.171. The number of hydrogen-bond donors (Lipinski definition) is 0. The molecular formula is C35H35ClFNO8S2. The van der Waals surface area contributed by atoms with Crippen LogP contribution in [-0.2, 0) is 45.2 Å². The number of hydrogen-bond acceptors (Lipinski definition) is 9. The lowest BCUT2D eigenvalue weighted by Gasteiger charge is -2.32. The molecule has 9 nitrogen and oxygen atoms in total. The number of carbonyl (C=O) groups is 2. The van der Waals surface area contributed by atoms with Crippen LogP contribution in [0.25, 0.3) is 0 Å². The Labute approximate surface area is 284 Å². The first-order valence-corrected chi connectivity index (χ1v) is 18.9. The molecular weight excluding hydrogens is 681 g/mol. The van der Waals surface area contributed by atoms with E-state index < -0.39 is 75.6 Å². The molecule has 0 saturated heterocycles. The molecule has 0 saturated carbocycles. The van der Waals surface area contributed by atoms with Crippen molar-refractivity contribution >= 4 is 48.9 Å². The van der Waals surface area contributed by atoms with Crippen molar-refractivity contribution in [2.75, 3.05) is 19.0 Å². The molecule has 3 aromatic rings. The molecule has 0 spiro atoms. The second-order valence-corrected chi connectivity index (χ2v) is 16.5. The first-order chi connectivity index (χ1) is 22.6. The molecule has 0 N–H and O–H groups in total. The molecule has 0 radical (unpaired) electrons. The van der Waals surface area contributed by atoms with Crippen LogP contribution in [0.1, 0.15) is 56.2 Å². The largest absolute Gasteiger partial charge is 0.462 e. The van der Waals surface area contributed by atoms with E-state index in [1.54, 1.807) is 6.92 Å². The summed E-state index contributed by atoms with van der Waals surface area (Å²) in [4.78, 5) is 29.3. The fourth-order valence-corrected chi connectivity index (χ4v) is 10.4. The minimum Gasteiger partial charge on any atom is -0.462 e. The van der Waals surface area contributed by atoms with Gasteiger partial charge < -0.3 is 9.47 Å². The number of esters is 2. The summed E-state index contributed by atoms with van der Waals surface area (Å²) in [6, 6.07) is 16.5. The van der Waals surface area contributed by atoms with Crippen LogP contribution in [-0.4, -0.2) is 53.5 Å². The Bertz CT molecular complexity index is 2020. The Kier molecular flexibility index (Phi) is 10.3. The van der Waals surface area contributed by atoms with Crippen LogP contribution < -0.4 is 0 Å². The molecule has 2 heterocycles. The van der Waals surface area contributed by atoms with Crippen LogP contribution in [0.3, 0.4) is 0 Å². The number of ether oxygens (including phenoxy) is 2. The van der Waals surface area contributed by atoms with Crippen LogP contribution in [0, 0.1) is 17.7 Å². The maximum Gasteiger partial charge on any atom is 0.315 e. The normalized spacial score (nSPS) is 20.2. The molecule has 5 rings (SSSR count). The molecule has 13 heteroatoms. The van der Waals surface area contributed by atoms with Gasteiger partial charge in [-0.15, -0.1) is 0 Å². The average molecular weight is 716 g/mol. The summed E-state index contributed by atoms with van der Waals surface area (Å²) in [6.45, 7) is 6.67. The molecule has 48 heavy (non-hydrogen) atoms.